The predicted molar refractivity (Wildman–Crippen MR) is 109 cm³/mol. The third-order valence-electron chi connectivity index (χ3n) is 5.96. The number of anilines is 1. The van der Waals surface area contributed by atoms with E-state index in [0.717, 1.165) is 31.2 Å². The average molecular weight is 394 g/mol. The number of nitrogens with zero attached hydrogens (tertiary/aromatic N) is 2. The molecule has 1 aromatic heterocycles. The minimum Gasteiger partial charge on any atom is -0.459 e. The Morgan fingerprint density at radius 3 is 2.38 bits per heavy atom. The van der Waals surface area contributed by atoms with Gasteiger partial charge in [0.15, 0.2) is 5.76 Å². The summed E-state index contributed by atoms with van der Waals surface area (Å²) in [5, 5.41) is 0. The standard InChI is InChI=1S/C23H26N2O4/c1-15(2)16-9-11-18(12-10-16)25-21(26)14-19(22(25)27)24(17-6-3-4-7-17)23(28)20-8-5-13-29-20/h5,8-13,15,17,19H,3-4,6-7,14H2,1-2H3. The summed E-state index contributed by atoms with van der Waals surface area (Å²) in [6, 6.07) is 9.93. The Labute approximate surface area is 170 Å². The summed E-state index contributed by atoms with van der Waals surface area (Å²) in [5.74, 6) is -0.348. The highest BCUT2D eigenvalue weighted by Crippen LogP contribution is 2.33. The number of amides is 3. The molecular formula is C23H26N2O4. The van der Waals surface area contributed by atoms with E-state index < -0.39 is 6.04 Å². The van der Waals surface area contributed by atoms with E-state index in [-0.39, 0.29) is 35.9 Å². The molecule has 29 heavy (non-hydrogen) atoms. The molecule has 2 fully saturated rings. The summed E-state index contributed by atoms with van der Waals surface area (Å²) in [4.78, 5) is 42.1. The number of hydrogen-bond acceptors (Lipinski definition) is 4. The maximum atomic E-state index is 13.3. The molecule has 1 aromatic carbocycles. The van der Waals surface area contributed by atoms with Gasteiger partial charge in [-0.25, -0.2) is 4.90 Å². The molecule has 1 saturated carbocycles. The zero-order valence-electron chi connectivity index (χ0n) is 16.8. The molecule has 0 radical (unpaired) electrons. The Bertz CT molecular complexity index is 895. The molecule has 1 atom stereocenters. The van der Waals surface area contributed by atoms with Gasteiger partial charge in [0.1, 0.15) is 6.04 Å². The molecule has 1 aliphatic carbocycles. The summed E-state index contributed by atoms with van der Waals surface area (Å²) in [7, 11) is 0. The lowest BCUT2D eigenvalue weighted by atomic mass is 10.0. The van der Waals surface area contributed by atoms with E-state index in [1.54, 1.807) is 17.0 Å². The minimum atomic E-state index is -0.784. The molecular weight excluding hydrogens is 368 g/mol. The molecule has 152 valence electrons. The van der Waals surface area contributed by atoms with Crippen molar-refractivity contribution in [2.24, 2.45) is 0 Å². The molecule has 2 aromatic rings. The van der Waals surface area contributed by atoms with E-state index in [1.165, 1.54) is 11.2 Å². The second-order valence-corrected chi connectivity index (χ2v) is 8.16. The lowest BCUT2D eigenvalue weighted by Gasteiger charge is -2.32. The minimum absolute atomic E-state index is 0.00765. The van der Waals surface area contributed by atoms with Crippen LogP contribution in [0.2, 0.25) is 0 Å². The highest BCUT2D eigenvalue weighted by molar-refractivity contribution is 6.23. The molecule has 0 bridgehead atoms. The predicted octanol–water partition coefficient (Wildman–Crippen LogP) is 4.12. The van der Waals surface area contributed by atoms with Crippen LogP contribution in [-0.4, -0.2) is 34.7 Å². The number of imide groups is 1. The molecule has 1 unspecified atom stereocenters. The fraction of sp³-hybridized carbons (Fsp3) is 0.435. The van der Waals surface area contributed by atoms with E-state index in [0.29, 0.717) is 11.6 Å². The lowest BCUT2D eigenvalue weighted by Crippen LogP contribution is -2.50. The highest BCUT2D eigenvalue weighted by atomic mass is 16.3. The van der Waals surface area contributed by atoms with Gasteiger partial charge >= 0.3 is 0 Å². The van der Waals surface area contributed by atoms with E-state index in [4.69, 9.17) is 4.42 Å². The summed E-state index contributed by atoms with van der Waals surface area (Å²) in [6.45, 7) is 4.19. The van der Waals surface area contributed by atoms with E-state index in [9.17, 15) is 14.4 Å². The van der Waals surface area contributed by atoms with Gasteiger partial charge in [-0.3, -0.25) is 14.4 Å². The van der Waals surface area contributed by atoms with Gasteiger partial charge in [0.25, 0.3) is 11.8 Å². The third-order valence-corrected chi connectivity index (χ3v) is 5.96. The smallest absolute Gasteiger partial charge is 0.290 e. The Kier molecular flexibility index (Phi) is 5.26. The quantitative estimate of drug-likeness (QED) is 0.715. The monoisotopic (exact) mass is 394 g/mol. The van der Waals surface area contributed by atoms with Crippen molar-refractivity contribution in [2.75, 3.05) is 4.90 Å². The van der Waals surface area contributed by atoms with Gasteiger partial charge < -0.3 is 9.32 Å². The molecule has 1 saturated heterocycles. The molecule has 1 aliphatic heterocycles. The van der Waals surface area contributed by atoms with E-state index in [2.05, 4.69) is 13.8 Å². The molecule has 0 N–H and O–H groups in total. The molecule has 6 heteroatoms. The first kappa shape index (κ1) is 19.4. The Morgan fingerprint density at radius 1 is 1.10 bits per heavy atom. The number of furan rings is 1. The van der Waals surface area contributed by atoms with Crippen LogP contribution in [0.25, 0.3) is 0 Å². The average Bonchev–Trinajstić information content (AvgIpc) is 3.45. The van der Waals surface area contributed by atoms with Crippen LogP contribution in [0.1, 0.15) is 68.0 Å². The Morgan fingerprint density at radius 2 is 1.79 bits per heavy atom. The summed E-state index contributed by atoms with van der Waals surface area (Å²) >= 11 is 0. The van der Waals surface area contributed by atoms with Crippen molar-refractivity contribution in [3.05, 3.63) is 54.0 Å². The van der Waals surface area contributed by atoms with Gasteiger partial charge in [-0.05, 0) is 48.6 Å². The van der Waals surface area contributed by atoms with Crippen LogP contribution in [0, 0.1) is 0 Å². The summed E-state index contributed by atoms with van der Waals surface area (Å²) < 4.78 is 5.30. The maximum Gasteiger partial charge on any atom is 0.290 e. The fourth-order valence-electron chi connectivity index (χ4n) is 4.38. The Balaban J connectivity index is 1.63. The van der Waals surface area contributed by atoms with Crippen molar-refractivity contribution >= 4 is 23.4 Å². The second kappa shape index (κ2) is 7.85. The lowest BCUT2D eigenvalue weighted by molar-refractivity contribution is -0.123. The second-order valence-electron chi connectivity index (χ2n) is 8.16. The molecule has 2 aliphatic rings. The van der Waals surface area contributed by atoms with Gasteiger partial charge in [0.2, 0.25) is 5.91 Å². The van der Waals surface area contributed by atoms with Crippen LogP contribution in [0.4, 0.5) is 5.69 Å². The van der Waals surface area contributed by atoms with Crippen LogP contribution >= 0.6 is 0 Å². The first-order valence-electron chi connectivity index (χ1n) is 10.3. The SMILES string of the molecule is CC(C)c1ccc(N2C(=O)CC(N(C(=O)c3ccco3)C3CCCC3)C2=O)cc1. The van der Waals surface area contributed by atoms with Gasteiger partial charge in [0.05, 0.1) is 18.4 Å². The van der Waals surface area contributed by atoms with Gasteiger partial charge in [-0.1, -0.05) is 38.8 Å². The third kappa shape index (κ3) is 3.59. The first-order valence-corrected chi connectivity index (χ1v) is 10.3. The largest absolute Gasteiger partial charge is 0.459 e. The van der Waals surface area contributed by atoms with Crippen LogP contribution < -0.4 is 4.90 Å². The highest BCUT2D eigenvalue weighted by Gasteiger charge is 2.47. The molecule has 4 rings (SSSR count). The zero-order chi connectivity index (χ0) is 20.5. The van der Waals surface area contributed by atoms with Crippen molar-refractivity contribution < 1.29 is 18.8 Å². The molecule has 2 heterocycles. The Hall–Kier alpha value is -2.89. The van der Waals surface area contributed by atoms with Crippen LogP contribution in [-0.2, 0) is 9.59 Å². The molecule has 6 nitrogen and oxygen atoms in total. The zero-order valence-corrected chi connectivity index (χ0v) is 16.8. The topological polar surface area (TPSA) is 70.8 Å². The van der Waals surface area contributed by atoms with Crippen molar-refractivity contribution in [1.29, 1.82) is 0 Å². The van der Waals surface area contributed by atoms with Gasteiger partial charge in [-0.2, -0.15) is 0 Å². The van der Waals surface area contributed by atoms with Gasteiger partial charge in [0, 0.05) is 6.04 Å². The number of carbonyl (C=O) groups is 3. The van der Waals surface area contributed by atoms with E-state index in [1.807, 2.05) is 24.3 Å². The van der Waals surface area contributed by atoms with Crippen LogP contribution in [0.5, 0.6) is 0 Å². The normalized spacial score (nSPS) is 20.1. The van der Waals surface area contributed by atoms with Crippen molar-refractivity contribution in [2.45, 2.75) is 64.0 Å². The first-order chi connectivity index (χ1) is 14.0. The van der Waals surface area contributed by atoms with Crippen LogP contribution in [0.3, 0.4) is 0 Å². The number of hydrogen-bond donors (Lipinski definition) is 0. The number of rotatable bonds is 5. The van der Waals surface area contributed by atoms with E-state index >= 15 is 0 Å². The summed E-state index contributed by atoms with van der Waals surface area (Å²) in [5.41, 5.74) is 1.70. The van der Waals surface area contributed by atoms with Gasteiger partial charge in [-0.15, -0.1) is 0 Å². The van der Waals surface area contributed by atoms with Crippen molar-refractivity contribution in [3.63, 3.8) is 0 Å². The van der Waals surface area contributed by atoms with Crippen LogP contribution in [0.15, 0.2) is 47.1 Å². The molecule has 3 amide bonds. The number of carbonyl (C=O) groups excluding carboxylic acids is 3. The van der Waals surface area contributed by atoms with Crippen molar-refractivity contribution in [3.8, 4) is 0 Å². The molecule has 0 spiro atoms. The maximum absolute atomic E-state index is 13.3. The number of benzene rings is 1. The fourth-order valence-corrected chi connectivity index (χ4v) is 4.38. The van der Waals surface area contributed by atoms with Crippen molar-refractivity contribution in [1.82, 2.24) is 4.90 Å². The summed E-state index contributed by atoms with van der Waals surface area (Å²) in [6.07, 6.45) is 5.17.